The van der Waals surface area contributed by atoms with Gasteiger partial charge in [0.1, 0.15) is 5.75 Å². The minimum absolute atomic E-state index is 0.0159. The van der Waals surface area contributed by atoms with Crippen LogP contribution in [0.2, 0.25) is 0 Å². The SMILES string of the molecule is C[C@H]1Oc2ccc(S(=O)(=O)N3CCC[C@H](CO)C3)cc2NC1=O. The molecule has 1 aromatic carbocycles. The van der Waals surface area contributed by atoms with Crippen molar-refractivity contribution in [3.63, 3.8) is 0 Å². The van der Waals surface area contributed by atoms with Crippen LogP contribution < -0.4 is 10.1 Å². The summed E-state index contributed by atoms with van der Waals surface area (Å²) in [5.41, 5.74) is 0.366. The Morgan fingerprint density at radius 2 is 2.22 bits per heavy atom. The van der Waals surface area contributed by atoms with Crippen LogP contribution in [-0.4, -0.2) is 49.5 Å². The van der Waals surface area contributed by atoms with Crippen molar-refractivity contribution in [2.45, 2.75) is 30.8 Å². The maximum Gasteiger partial charge on any atom is 0.265 e. The van der Waals surface area contributed by atoms with Gasteiger partial charge in [-0.25, -0.2) is 8.42 Å². The van der Waals surface area contributed by atoms with Gasteiger partial charge in [0, 0.05) is 19.7 Å². The Hall–Kier alpha value is -1.64. The molecule has 3 rings (SSSR count). The number of piperidine rings is 1. The van der Waals surface area contributed by atoms with Gasteiger partial charge in [-0.15, -0.1) is 0 Å². The molecule has 23 heavy (non-hydrogen) atoms. The number of nitrogens with zero attached hydrogens (tertiary/aromatic N) is 1. The van der Waals surface area contributed by atoms with Gasteiger partial charge in [0.2, 0.25) is 10.0 Å². The average molecular weight is 340 g/mol. The van der Waals surface area contributed by atoms with Gasteiger partial charge in [0.15, 0.2) is 6.10 Å². The molecular weight excluding hydrogens is 320 g/mol. The van der Waals surface area contributed by atoms with E-state index in [1.807, 2.05) is 0 Å². The summed E-state index contributed by atoms with van der Waals surface area (Å²) in [4.78, 5) is 11.8. The predicted octanol–water partition coefficient (Wildman–Crippen LogP) is 0.799. The van der Waals surface area contributed by atoms with Gasteiger partial charge in [-0.05, 0) is 43.9 Å². The van der Waals surface area contributed by atoms with Gasteiger partial charge in [-0.3, -0.25) is 4.79 Å². The van der Waals surface area contributed by atoms with E-state index in [4.69, 9.17) is 4.74 Å². The molecule has 2 aliphatic heterocycles. The molecule has 2 N–H and O–H groups in total. The molecule has 1 fully saturated rings. The lowest BCUT2D eigenvalue weighted by Gasteiger charge is -2.31. The number of rotatable bonds is 3. The summed E-state index contributed by atoms with van der Waals surface area (Å²) in [5, 5.41) is 11.9. The van der Waals surface area contributed by atoms with Crippen LogP contribution in [0.4, 0.5) is 5.69 Å². The van der Waals surface area contributed by atoms with Crippen LogP contribution in [0.5, 0.6) is 5.75 Å². The topological polar surface area (TPSA) is 95.9 Å². The summed E-state index contributed by atoms with van der Waals surface area (Å²) in [6, 6.07) is 4.48. The average Bonchev–Trinajstić information content (AvgIpc) is 2.55. The van der Waals surface area contributed by atoms with Crippen molar-refractivity contribution in [2.75, 3.05) is 25.0 Å². The van der Waals surface area contributed by atoms with Crippen LogP contribution in [0.15, 0.2) is 23.1 Å². The summed E-state index contributed by atoms with van der Waals surface area (Å²) in [6.45, 7) is 2.37. The van der Waals surface area contributed by atoms with E-state index < -0.39 is 16.1 Å². The number of aliphatic hydroxyl groups is 1. The number of nitrogens with one attached hydrogen (secondary N) is 1. The minimum atomic E-state index is -3.65. The Morgan fingerprint density at radius 1 is 1.43 bits per heavy atom. The van der Waals surface area contributed by atoms with E-state index in [-0.39, 0.29) is 23.3 Å². The van der Waals surface area contributed by atoms with Crippen molar-refractivity contribution in [3.05, 3.63) is 18.2 Å². The first-order chi connectivity index (χ1) is 10.9. The molecule has 8 heteroatoms. The number of benzene rings is 1. The highest BCUT2D eigenvalue weighted by Gasteiger charge is 2.31. The molecule has 0 aromatic heterocycles. The van der Waals surface area contributed by atoms with E-state index in [1.54, 1.807) is 13.0 Å². The zero-order valence-electron chi connectivity index (χ0n) is 12.9. The fraction of sp³-hybridized carbons (Fsp3) is 0.533. The third-order valence-electron chi connectivity index (χ3n) is 4.26. The Kier molecular flexibility index (Phi) is 4.31. The van der Waals surface area contributed by atoms with Gasteiger partial charge in [-0.2, -0.15) is 4.31 Å². The van der Waals surface area contributed by atoms with Crippen LogP contribution in [0, 0.1) is 5.92 Å². The Morgan fingerprint density at radius 3 is 2.96 bits per heavy atom. The van der Waals surface area contributed by atoms with Gasteiger partial charge < -0.3 is 15.2 Å². The summed E-state index contributed by atoms with van der Waals surface area (Å²) < 4.78 is 32.4. The standard InChI is InChI=1S/C15H20N2O5S/c1-10-15(19)16-13-7-12(4-5-14(13)22-10)23(20,21)17-6-2-3-11(8-17)9-18/h4-5,7,10-11,18H,2-3,6,8-9H2,1H3,(H,16,19)/t10-,11+/m1/s1. The number of hydrogen-bond donors (Lipinski definition) is 2. The molecule has 1 amide bonds. The van der Waals surface area contributed by atoms with Crippen molar-refractivity contribution in [3.8, 4) is 5.75 Å². The molecule has 2 heterocycles. The van der Waals surface area contributed by atoms with Crippen molar-refractivity contribution in [2.24, 2.45) is 5.92 Å². The third-order valence-corrected chi connectivity index (χ3v) is 6.12. The molecule has 0 spiro atoms. The molecule has 2 atom stereocenters. The van der Waals surface area contributed by atoms with Gasteiger partial charge in [0.25, 0.3) is 5.91 Å². The summed E-state index contributed by atoms with van der Waals surface area (Å²) >= 11 is 0. The Balaban J connectivity index is 1.89. The fourth-order valence-electron chi connectivity index (χ4n) is 2.89. The minimum Gasteiger partial charge on any atom is -0.479 e. The predicted molar refractivity (Wildman–Crippen MR) is 83.7 cm³/mol. The third kappa shape index (κ3) is 3.06. The molecule has 0 unspecified atom stereocenters. The molecule has 0 saturated carbocycles. The normalized spacial score (nSPS) is 25.4. The van der Waals surface area contributed by atoms with Crippen LogP contribution in [0.25, 0.3) is 0 Å². The van der Waals surface area contributed by atoms with Crippen LogP contribution in [-0.2, 0) is 14.8 Å². The molecule has 0 aliphatic carbocycles. The van der Waals surface area contributed by atoms with E-state index in [9.17, 15) is 18.3 Å². The first-order valence-electron chi connectivity index (χ1n) is 7.64. The number of amides is 1. The molecule has 2 aliphatic rings. The second-order valence-electron chi connectivity index (χ2n) is 5.96. The van der Waals surface area contributed by atoms with E-state index in [0.717, 1.165) is 12.8 Å². The number of sulfonamides is 1. The second kappa shape index (κ2) is 6.10. The maximum absolute atomic E-state index is 12.8. The lowest BCUT2D eigenvalue weighted by molar-refractivity contribution is -0.122. The fourth-order valence-corrected chi connectivity index (χ4v) is 4.47. The number of ether oxygens (including phenoxy) is 1. The molecule has 7 nitrogen and oxygen atoms in total. The summed E-state index contributed by atoms with van der Waals surface area (Å²) in [7, 11) is -3.65. The largest absolute Gasteiger partial charge is 0.479 e. The molecule has 0 radical (unpaired) electrons. The number of aliphatic hydroxyl groups excluding tert-OH is 1. The molecule has 126 valence electrons. The van der Waals surface area contributed by atoms with Crippen LogP contribution in [0.3, 0.4) is 0 Å². The number of hydrogen-bond acceptors (Lipinski definition) is 5. The maximum atomic E-state index is 12.8. The zero-order valence-corrected chi connectivity index (χ0v) is 13.7. The highest BCUT2D eigenvalue weighted by Crippen LogP contribution is 2.33. The smallest absolute Gasteiger partial charge is 0.265 e. The Labute approximate surface area is 135 Å². The van der Waals surface area contributed by atoms with Crippen molar-refractivity contribution in [1.82, 2.24) is 4.31 Å². The quantitative estimate of drug-likeness (QED) is 0.848. The number of anilines is 1. The number of fused-ring (bicyclic) bond motifs is 1. The first kappa shape index (κ1) is 16.2. The molecule has 0 bridgehead atoms. The Bertz CT molecular complexity index is 719. The molecule has 1 saturated heterocycles. The zero-order chi connectivity index (χ0) is 16.6. The lowest BCUT2D eigenvalue weighted by atomic mass is 10.0. The van der Waals surface area contributed by atoms with Gasteiger partial charge in [-0.1, -0.05) is 0 Å². The van der Waals surface area contributed by atoms with Crippen LogP contribution in [0.1, 0.15) is 19.8 Å². The monoisotopic (exact) mass is 340 g/mol. The van der Waals surface area contributed by atoms with E-state index in [1.165, 1.54) is 16.4 Å². The summed E-state index contributed by atoms with van der Waals surface area (Å²) in [6.07, 6.45) is 0.957. The first-order valence-corrected chi connectivity index (χ1v) is 9.08. The van der Waals surface area contributed by atoms with Crippen molar-refractivity contribution < 1.29 is 23.1 Å². The molecule has 1 aromatic rings. The van der Waals surface area contributed by atoms with E-state index >= 15 is 0 Å². The van der Waals surface area contributed by atoms with Crippen LogP contribution >= 0.6 is 0 Å². The van der Waals surface area contributed by atoms with Gasteiger partial charge in [0.05, 0.1) is 10.6 Å². The van der Waals surface area contributed by atoms with E-state index in [0.29, 0.717) is 24.5 Å². The van der Waals surface area contributed by atoms with Crippen molar-refractivity contribution in [1.29, 1.82) is 0 Å². The van der Waals surface area contributed by atoms with Gasteiger partial charge >= 0.3 is 0 Å². The summed E-state index contributed by atoms with van der Waals surface area (Å²) in [5.74, 6) is 0.133. The molecular formula is C15H20N2O5S. The highest BCUT2D eigenvalue weighted by molar-refractivity contribution is 7.89. The number of carbonyl (C=O) groups excluding carboxylic acids is 1. The highest BCUT2D eigenvalue weighted by atomic mass is 32.2. The van der Waals surface area contributed by atoms with E-state index in [2.05, 4.69) is 5.32 Å². The lowest BCUT2D eigenvalue weighted by Crippen LogP contribution is -2.41. The van der Waals surface area contributed by atoms with Crippen molar-refractivity contribution >= 4 is 21.6 Å². The number of carbonyl (C=O) groups is 1. The second-order valence-corrected chi connectivity index (χ2v) is 7.90.